The molecule has 2 aliphatic heterocycles. The molecule has 2 heterocycles. The van der Waals surface area contributed by atoms with Gasteiger partial charge in [-0.25, -0.2) is 0 Å². The molecular weight excluding hydrogens is 463 g/mol. The Hall–Kier alpha value is -0.900. The third-order valence-electron chi connectivity index (χ3n) is 5.85. The number of likely N-dealkylation sites (N-methyl/N-ethyl adjacent to an activating group) is 2. The van der Waals surface area contributed by atoms with Gasteiger partial charge >= 0.3 is 0 Å². The van der Waals surface area contributed by atoms with Crippen LogP contribution < -0.4 is 5.32 Å². The summed E-state index contributed by atoms with van der Waals surface area (Å²) in [7, 11) is 6.34. The minimum absolute atomic E-state index is 0. The number of hydrogen-bond acceptors (Lipinski definition) is 4. The third-order valence-corrected chi connectivity index (χ3v) is 5.85. The highest BCUT2D eigenvalue weighted by atomic mass is 127. The topological polar surface area (TPSA) is 37.4 Å². The number of nitrogens with one attached hydrogen (secondary N) is 1. The van der Waals surface area contributed by atoms with Crippen LogP contribution in [0.2, 0.25) is 0 Å². The van der Waals surface area contributed by atoms with Crippen molar-refractivity contribution in [3.8, 4) is 0 Å². The SMILES string of the molecule is CN=C(NCC1CN(C)CCN1C)N1CCN(Cc2cccc(C)c2)CC1.I. The first-order valence-electron chi connectivity index (χ1n) is 10.2. The largest absolute Gasteiger partial charge is 0.355 e. The van der Waals surface area contributed by atoms with Gasteiger partial charge in [0.25, 0.3) is 0 Å². The van der Waals surface area contributed by atoms with Crippen molar-refractivity contribution in [1.29, 1.82) is 0 Å². The van der Waals surface area contributed by atoms with E-state index in [1.807, 2.05) is 7.05 Å². The first-order valence-corrected chi connectivity index (χ1v) is 10.2. The van der Waals surface area contributed by atoms with Crippen molar-refractivity contribution in [3.63, 3.8) is 0 Å². The van der Waals surface area contributed by atoms with Crippen molar-refractivity contribution in [2.24, 2.45) is 4.99 Å². The van der Waals surface area contributed by atoms with Crippen molar-refractivity contribution in [2.75, 3.05) is 73.5 Å². The van der Waals surface area contributed by atoms with Crippen molar-refractivity contribution in [1.82, 2.24) is 24.9 Å². The van der Waals surface area contributed by atoms with Crippen LogP contribution in [-0.2, 0) is 6.54 Å². The highest BCUT2D eigenvalue weighted by molar-refractivity contribution is 14.0. The average Bonchev–Trinajstić information content (AvgIpc) is 2.66. The molecule has 0 aliphatic carbocycles. The Kier molecular flexibility index (Phi) is 9.46. The zero-order valence-corrected chi connectivity index (χ0v) is 20.2. The molecule has 0 saturated carbocycles. The Morgan fingerprint density at radius 3 is 2.54 bits per heavy atom. The summed E-state index contributed by atoms with van der Waals surface area (Å²) in [5.41, 5.74) is 2.75. The molecule has 1 atom stereocenters. The number of hydrogen-bond donors (Lipinski definition) is 1. The molecule has 0 aromatic heterocycles. The highest BCUT2D eigenvalue weighted by Crippen LogP contribution is 2.11. The molecule has 3 rings (SSSR count). The fourth-order valence-corrected chi connectivity index (χ4v) is 4.05. The van der Waals surface area contributed by atoms with Gasteiger partial charge in [-0.2, -0.15) is 0 Å². The van der Waals surface area contributed by atoms with Crippen molar-refractivity contribution >= 4 is 29.9 Å². The van der Waals surface area contributed by atoms with E-state index in [-0.39, 0.29) is 24.0 Å². The van der Waals surface area contributed by atoms with Crippen LogP contribution in [0.1, 0.15) is 11.1 Å². The van der Waals surface area contributed by atoms with E-state index < -0.39 is 0 Å². The maximum absolute atomic E-state index is 4.54. The van der Waals surface area contributed by atoms with Gasteiger partial charge in [0.05, 0.1) is 0 Å². The van der Waals surface area contributed by atoms with E-state index in [0.717, 1.165) is 64.9 Å². The summed E-state index contributed by atoms with van der Waals surface area (Å²) in [6, 6.07) is 9.40. The van der Waals surface area contributed by atoms with Gasteiger partial charge in [-0.3, -0.25) is 14.8 Å². The minimum atomic E-state index is 0. The van der Waals surface area contributed by atoms with E-state index in [1.54, 1.807) is 0 Å². The number of benzene rings is 1. The van der Waals surface area contributed by atoms with Crippen LogP contribution in [0, 0.1) is 6.92 Å². The van der Waals surface area contributed by atoms with Crippen LogP contribution in [0.5, 0.6) is 0 Å². The van der Waals surface area contributed by atoms with Crippen LogP contribution in [0.25, 0.3) is 0 Å². The number of piperazine rings is 2. The number of aryl methyl sites for hydroxylation is 1. The first-order chi connectivity index (χ1) is 13.0. The average molecular weight is 500 g/mol. The number of guanidine groups is 1. The number of halogens is 1. The Bertz CT molecular complexity index is 629. The monoisotopic (exact) mass is 500 g/mol. The molecule has 1 aromatic carbocycles. The zero-order valence-electron chi connectivity index (χ0n) is 17.9. The summed E-state index contributed by atoms with van der Waals surface area (Å²) in [6.07, 6.45) is 0. The molecule has 1 N–H and O–H groups in total. The van der Waals surface area contributed by atoms with Crippen molar-refractivity contribution in [3.05, 3.63) is 35.4 Å². The Labute approximate surface area is 188 Å². The third kappa shape index (κ3) is 6.57. The van der Waals surface area contributed by atoms with Crippen LogP contribution in [0.15, 0.2) is 29.3 Å². The summed E-state index contributed by atoms with van der Waals surface area (Å²) in [5, 5.41) is 3.62. The lowest BCUT2D eigenvalue weighted by molar-refractivity contribution is 0.115. The second-order valence-electron chi connectivity index (χ2n) is 8.08. The second kappa shape index (κ2) is 11.3. The molecule has 1 unspecified atom stereocenters. The van der Waals surface area contributed by atoms with Gasteiger partial charge in [0.2, 0.25) is 0 Å². The van der Waals surface area contributed by atoms with E-state index in [0.29, 0.717) is 6.04 Å². The minimum Gasteiger partial charge on any atom is -0.355 e. The van der Waals surface area contributed by atoms with Crippen LogP contribution in [0.4, 0.5) is 0 Å². The Morgan fingerprint density at radius 2 is 1.86 bits per heavy atom. The molecule has 0 radical (unpaired) electrons. The second-order valence-corrected chi connectivity index (χ2v) is 8.08. The Balaban J connectivity index is 0.00000280. The maximum Gasteiger partial charge on any atom is 0.193 e. The summed E-state index contributed by atoms with van der Waals surface area (Å²) >= 11 is 0. The highest BCUT2D eigenvalue weighted by Gasteiger charge is 2.24. The van der Waals surface area contributed by atoms with E-state index in [1.165, 1.54) is 11.1 Å². The smallest absolute Gasteiger partial charge is 0.193 e. The molecule has 6 nitrogen and oxygen atoms in total. The standard InChI is InChI=1S/C21H36N6.HI/c1-18-6-5-7-19(14-18)16-26-10-12-27(13-11-26)21(22-2)23-15-20-17-24(3)8-9-25(20)4;/h5-7,14,20H,8-13,15-17H2,1-4H3,(H,22,23);1H. The van der Waals surface area contributed by atoms with Crippen molar-refractivity contribution < 1.29 is 0 Å². The molecule has 0 bridgehead atoms. The molecule has 1 aromatic rings. The number of nitrogens with zero attached hydrogens (tertiary/aromatic N) is 5. The number of aliphatic imine (C=N–C) groups is 1. The van der Waals surface area contributed by atoms with Crippen LogP contribution >= 0.6 is 24.0 Å². The van der Waals surface area contributed by atoms with Gasteiger partial charge in [0.1, 0.15) is 0 Å². The fraction of sp³-hybridized carbons (Fsp3) is 0.667. The van der Waals surface area contributed by atoms with Crippen LogP contribution in [0.3, 0.4) is 0 Å². The molecule has 7 heteroatoms. The quantitative estimate of drug-likeness (QED) is 0.386. The Morgan fingerprint density at radius 1 is 1.11 bits per heavy atom. The van der Waals surface area contributed by atoms with E-state index in [4.69, 9.17) is 0 Å². The molecule has 28 heavy (non-hydrogen) atoms. The van der Waals surface area contributed by atoms with Gasteiger partial charge in [-0.1, -0.05) is 29.8 Å². The molecule has 2 saturated heterocycles. The molecule has 0 spiro atoms. The lowest BCUT2D eigenvalue weighted by Gasteiger charge is -2.40. The van der Waals surface area contributed by atoms with Gasteiger partial charge in [-0.15, -0.1) is 24.0 Å². The number of rotatable bonds is 4. The van der Waals surface area contributed by atoms with E-state index in [2.05, 4.69) is 75.2 Å². The fourth-order valence-electron chi connectivity index (χ4n) is 4.05. The predicted octanol–water partition coefficient (Wildman–Crippen LogP) is 1.55. The zero-order chi connectivity index (χ0) is 19.2. The summed E-state index contributed by atoms with van der Waals surface area (Å²) < 4.78 is 0. The van der Waals surface area contributed by atoms with Gasteiger partial charge in [0.15, 0.2) is 5.96 Å². The molecule has 158 valence electrons. The van der Waals surface area contributed by atoms with Gasteiger partial charge in [-0.05, 0) is 26.6 Å². The van der Waals surface area contributed by atoms with Crippen molar-refractivity contribution in [2.45, 2.75) is 19.5 Å². The lowest BCUT2D eigenvalue weighted by atomic mass is 10.1. The summed E-state index contributed by atoms with van der Waals surface area (Å²) in [5.74, 6) is 1.05. The molecule has 2 aliphatic rings. The maximum atomic E-state index is 4.54. The van der Waals surface area contributed by atoms with Crippen LogP contribution in [-0.4, -0.2) is 105 Å². The van der Waals surface area contributed by atoms with Gasteiger partial charge < -0.3 is 15.1 Å². The predicted molar refractivity (Wildman–Crippen MR) is 129 cm³/mol. The summed E-state index contributed by atoms with van der Waals surface area (Å²) in [6.45, 7) is 11.8. The molecule has 2 fully saturated rings. The first kappa shape index (κ1) is 23.4. The lowest BCUT2D eigenvalue weighted by Crippen LogP contribution is -2.57. The van der Waals surface area contributed by atoms with E-state index in [9.17, 15) is 0 Å². The molecular formula is C21H37IN6. The molecule has 0 amide bonds. The summed E-state index contributed by atoms with van der Waals surface area (Å²) in [4.78, 5) is 14.4. The van der Waals surface area contributed by atoms with Gasteiger partial charge in [0, 0.05) is 72.0 Å². The normalized spacial score (nSPS) is 22.8. The van der Waals surface area contributed by atoms with E-state index >= 15 is 0 Å².